The maximum Gasteiger partial charge on any atom is 0.412 e. The van der Waals surface area contributed by atoms with Gasteiger partial charge >= 0.3 is 12.1 Å². The lowest BCUT2D eigenvalue weighted by Crippen LogP contribution is -2.28. The van der Waals surface area contributed by atoms with Gasteiger partial charge in [0, 0.05) is 23.9 Å². The molecule has 1 aromatic carbocycles. The van der Waals surface area contributed by atoms with Crippen molar-refractivity contribution in [1.29, 1.82) is 5.26 Å². The lowest BCUT2D eigenvalue weighted by Gasteiger charge is -2.21. The number of hydrogen-bond acceptors (Lipinski definition) is 6. The Hall–Kier alpha value is -2.85. The molecule has 0 saturated heterocycles. The minimum atomic E-state index is -0.593. The number of carbonyl (C=O) groups excluding carboxylic acids is 2. The summed E-state index contributed by atoms with van der Waals surface area (Å²) in [6.07, 6.45) is 7.38. The average molecular weight is 441 g/mol. The first-order chi connectivity index (χ1) is 15.2. The average Bonchev–Trinajstić information content (AvgIpc) is 3.21. The number of hydrogen-bond donors (Lipinski definition) is 1. The molecule has 0 radical (unpaired) electrons. The van der Waals surface area contributed by atoms with Gasteiger partial charge in [-0.15, -0.1) is 11.3 Å². The van der Waals surface area contributed by atoms with Gasteiger partial charge in [0.1, 0.15) is 6.10 Å². The molecular formula is C24H28N2O4S. The molecule has 0 bridgehead atoms. The SMILES string of the molecule is N#CCCCCCNC(=O)Oc1cc(-c2ccccc2)sc1C(=O)OC1CCCCC1. The van der Waals surface area contributed by atoms with E-state index in [-0.39, 0.29) is 11.9 Å². The molecule has 31 heavy (non-hydrogen) atoms. The first kappa shape index (κ1) is 22.8. The molecule has 1 N–H and O–H groups in total. The van der Waals surface area contributed by atoms with Crippen molar-refractivity contribution in [3.8, 4) is 22.3 Å². The van der Waals surface area contributed by atoms with E-state index >= 15 is 0 Å². The van der Waals surface area contributed by atoms with Gasteiger partial charge in [-0.25, -0.2) is 9.59 Å². The molecule has 0 aliphatic heterocycles. The Kier molecular flexibility index (Phi) is 8.92. The van der Waals surface area contributed by atoms with Crippen molar-refractivity contribution in [3.63, 3.8) is 0 Å². The maximum absolute atomic E-state index is 12.9. The van der Waals surface area contributed by atoms with E-state index in [1.807, 2.05) is 30.3 Å². The highest BCUT2D eigenvalue weighted by molar-refractivity contribution is 7.17. The minimum absolute atomic E-state index is 0.0707. The number of nitrogens with one attached hydrogen (secondary N) is 1. The van der Waals surface area contributed by atoms with Crippen LogP contribution in [0.25, 0.3) is 10.4 Å². The molecule has 164 valence electrons. The van der Waals surface area contributed by atoms with Crippen molar-refractivity contribution >= 4 is 23.4 Å². The lowest BCUT2D eigenvalue weighted by molar-refractivity contribution is 0.0214. The van der Waals surface area contributed by atoms with Crippen LogP contribution in [-0.2, 0) is 4.74 Å². The standard InChI is InChI=1S/C24H28N2O4S/c25-15-9-1-2-10-16-26-24(28)30-20-17-21(18-11-5-3-6-12-18)31-22(20)23(27)29-19-13-7-4-8-14-19/h3,5-6,11-12,17,19H,1-2,4,7-10,13-14,16H2,(H,26,28). The van der Waals surface area contributed by atoms with Crippen LogP contribution in [0.1, 0.15) is 67.5 Å². The van der Waals surface area contributed by atoms with Crippen LogP contribution in [0.15, 0.2) is 36.4 Å². The molecule has 2 aromatic rings. The number of carbonyl (C=O) groups is 2. The second-order valence-corrected chi connectivity index (χ2v) is 8.67. The number of amides is 1. The highest BCUT2D eigenvalue weighted by Crippen LogP contribution is 2.37. The van der Waals surface area contributed by atoms with Crippen LogP contribution in [-0.4, -0.2) is 24.7 Å². The summed E-state index contributed by atoms with van der Waals surface area (Å²) in [6.45, 7) is 0.460. The molecule has 1 aromatic heterocycles. The van der Waals surface area contributed by atoms with E-state index in [4.69, 9.17) is 14.7 Å². The normalized spacial score (nSPS) is 13.9. The topological polar surface area (TPSA) is 88.4 Å². The van der Waals surface area contributed by atoms with Crippen LogP contribution >= 0.6 is 11.3 Å². The third-order valence-electron chi connectivity index (χ3n) is 5.20. The van der Waals surface area contributed by atoms with Crippen LogP contribution < -0.4 is 10.1 Å². The number of unbranched alkanes of at least 4 members (excludes halogenated alkanes) is 3. The second-order valence-electron chi connectivity index (χ2n) is 7.62. The Labute approximate surface area is 187 Å². The van der Waals surface area contributed by atoms with E-state index in [9.17, 15) is 9.59 Å². The van der Waals surface area contributed by atoms with Crippen molar-refractivity contribution in [2.75, 3.05) is 6.54 Å². The second kappa shape index (κ2) is 12.1. The number of thiophene rings is 1. The van der Waals surface area contributed by atoms with Crippen molar-refractivity contribution < 1.29 is 19.1 Å². The van der Waals surface area contributed by atoms with E-state index in [2.05, 4.69) is 11.4 Å². The van der Waals surface area contributed by atoms with E-state index in [1.54, 1.807) is 6.07 Å². The van der Waals surface area contributed by atoms with Gasteiger partial charge in [0.15, 0.2) is 10.6 Å². The van der Waals surface area contributed by atoms with Crippen LogP contribution in [0.5, 0.6) is 5.75 Å². The van der Waals surface area contributed by atoms with Gasteiger partial charge in [-0.3, -0.25) is 0 Å². The number of esters is 1. The van der Waals surface area contributed by atoms with Gasteiger partial charge in [-0.1, -0.05) is 43.2 Å². The zero-order valence-corrected chi connectivity index (χ0v) is 18.4. The molecule has 1 heterocycles. The molecule has 1 fully saturated rings. The third kappa shape index (κ3) is 7.11. The first-order valence-electron chi connectivity index (χ1n) is 10.9. The Bertz CT molecular complexity index is 898. The van der Waals surface area contributed by atoms with Crippen LogP contribution in [0.2, 0.25) is 0 Å². The maximum atomic E-state index is 12.9. The van der Waals surface area contributed by atoms with E-state index < -0.39 is 12.1 Å². The molecule has 1 aliphatic rings. The Morgan fingerprint density at radius 2 is 1.87 bits per heavy atom. The Balaban J connectivity index is 1.66. The van der Waals surface area contributed by atoms with Crippen LogP contribution in [0.4, 0.5) is 4.79 Å². The summed E-state index contributed by atoms with van der Waals surface area (Å²) in [5, 5.41) is 11.3. The van der Waals surface area contributed by atoms with Gasteiger partial charge in [0.05, 0.1) is 6.07 Å². The summed E-state index contributed by atoms with van der Waals surface area (Å²) in [5.74, 6) is -0.204. The lowest BCUT2D eigenvalue weighted by atomic mass is 9.98. The first-order valence-corrected chi connectivity index (χ1v) is 11.7. The Morgan fingerprint density at radius 3 is 2.61 bits per heavy atom. The molecule has 1 aliphatic carbocycles. The molecule has 0 spiro atoms. The summed E-state index contributed by atoms with van der Waals surface area (Å²) in [4.78, 5) is 26.3. The van der Waals surface area contributed by atoms with Crippen LogP contribution in [0, 0.1) is 11.3 Å². The quantitative estimate of drug-likeness (QED) is 0.377. The fourth-order valence-corrected chi connectivity index (χ4v) is 4.53. The number of nitriles is 1. The highest BCUT2D eigenvalue weighted by Gasteiger charge is 2.25. The van der Waals surface area contributed by atoms with Gasteiger partial charge < -0.3 is 14.8 Å². The summed E-state index contributed by atoms with van der Waals surface area (Å²) >= 11 is 1.28. The molecule has 0 unspecified atom stereocenters. The summed E-state index contributed by atoms with van der Waals surface area (Å²) < 4.78 is 11.2. The Morgan fingerprint density at radius 1 is 1.10 bits per heavy atom. The predicted octanol–water partition coefficient (Wildman–Crippen LogP) is 6.08. The van der Waals surface area contributed by atoms with E-state index in [0.717, 1.165) is 55.4 Å². The number of benzene rings is 1. The molecule has 6 nitrogen and oxygen atoms in total. The summed E-state index contributed by atoms with van der Waals surface area (Å²) in [7, 11) is 0. The highest BCUT2D eigenvalue weighted by atomic mass is 32.1. The zero-order valence-electron chi connectivity index (χ0n) is 17.6. The largest absolute Gasteiger partial charge is 0.458 e. The van der Waals surface area contributed by atoms with Crippen molar-refractivity contribution in [2.45, 2.75) is 63.9 Å². The molecule has 0 atom stereocenters. The monoisotopic (exact) mass is 440 g/mol. The number of ether oxygens (including phenoxy) is 2. The fraction of sp³-hybridized carbons (Fsp3) is 0.458. The molecule has 3 rings (SSSR count). The third-order valence-corrected chi connectivity index (χ3v) is 6.35. The molecule has 1 amide bonds. The number of rotatable bonds is 9. The summed E-state index contributed by atoms with van der Waals surface area (Å²) in [6, 6.07) is 13.5. The predicted molar refractivity (Wildman–Crippen MR) is 120 cm³/mol. The molecule has 1 saturated carbocycles. The van der Waals surface area contributed by atoms with E-state index in [0.29, 0.717) is 17.8 Å². The fourth-order valence-electron chi connectivity index (χ4n) is 3.56. The van der Waals surface area contributed by atoms with Gasteiger partial charge in [-0.05, 0) is 44.1 Å². The van der Waals surface area contributed by atoms with Crippen molar-refractivity contribution in [2.24, 2.45) is 0 Å². The number of nitrogens with zero attached hydrogens (tertiary/aromatic N) is 1. The summed E-state index contributed by atoms with van der Waals surface area (Å²) in [5.41, 5.74) is 0.951. The molecule has 7 heteroatoms. The van der Waals surface area contributed by atoms with E-state index in [1.165, 1.54) is 17.8 Å². The van der Waals surface area contributed by atoms with Gasteiger partial charge in [0.25, 0.3) is 0 Å². The van der Waals surface area contributed by atoms with Crippen molar-refractivity contribution in [3.05, 3.63) is 41.3 Å². The van der Waals surface area contributed by atoms with Gasteiger partial charge in [-0.2, -0.15) is 5.26 Å². The minimum Gasteiger partial charge on any atom is -0.458 e. The molecular weight excluding hydrogens is 412 g/mol. The van der Waals surface area contributed by atoms with Crippen LogP contribution in [0.3, 0.4) is 0 Å². The zero-order chi connectivity index (χ0) is 21.9. The smallest absolute Gasteiger partial charge is 0.412 e. The van der Waals surface area contributed by atoms with Gasteiger partial charge in [0.2, 0.25) is 0 Å². The van der Waals surface area contributed by atoms with Crippen molar-refractivity contribution in [1.82, 2.24) is 5.32 Å².